The molecule has 1 saturated heterocycles. The Morgan fingerprint density at radius 2 is 1.88 bits per heavy atom. The average molecular weight is 352 g/mol. The van der Waals surface area contributed by atoms with Crippen LogP contribution in [-0.2, 0) is 6.54 Å². The van der Waals surface area contributed by atoms with E-state index in [1.807, 2.05) is 12.1 Å². The number of fused-ring (bicyclic) bond motifs is 1. The van der Waals surface area contributed by atoms with Gasteiger partial charge in [0.15, 0.2) is 0 Å². The number of amides is 1. The van der Waals surface area contributed by atoms with Crippen molar-refractivity contribution >= 4 is 17.1 Å². The molecule has 2 aromatic heterocycles. The molecule has 3 aromatic rings. The van der Waals surface area contributed by atoms with Gasteiger partial charge in [0.2, 0.25) is 0 Å². The average Bonchev–Trinajstić information content (AvgIpc) is 3.08. The summed E-state index contributed by atoms with van der Waals surface area (Å²) >= 11 is 0. The number of hydrogen-bond donors (Lipinski definition) is 1. The van der Waals surface area contributed by atoms with Crippen molar-refractivity contribution in [2.45, 2.75) is 25.6 Å². The zero-order chi connectivity index (χ0) is 18.1. The molecule has 4 rings (SSSR count). The molecule has 0 saturated carbocycles. The summed E-state index contributed by atoms with van der Waals surface area (Å²) in [6.45, 7) is 2.49. The summed E-state index contributed by atoms with van der Waals surface area (Å²) in [6.07, 6.45) is 4.01. The lowest BCUT2D eigenvalue weighted by Crippen LogP contribution is -2.33. The van der Waals surface area contributed by atoms with Crippen molar-refractivity contribution < 1.29 is 9.18 Å². The third-order valence-corrected chi connectivity index (χ3v) is 4.97. The molecule has 0 spiro atoms. The van der Waals surface area contributed by atoms with E-state index in [-0.39, 0.29) is 0 Å². The van der Waals surface area contributed by atoms with Crippen LogP contribution in [0.15, 0.2) is 48.8 Å². The van der Waals surface area contributed by atoms with Crippen LogP contribution < -0.4 is 5.73 Å². The van der Waals surface area contributed by atoms with Gasteiger partial charge in [-0.05, 0) is 36.1 Å². The molecule has 3 heterocycles. The molecule has 1 aromatic carbocycles. The molecule has 1 aliphatic rings. The van der Waals surface area contributed by atoms with Crippen molar-refractivity contribution in [3.05, 3.63) is 54.4 Å². The lowest BCUT2D eigenvalue weighted by molar-refractivity contribution is 0.145. The van der Waals surface area contributed by atoms with Gasteiger partial charge in [-0.25, -0.2) is 14.2 Å². The molecule has 1 fully saturated rings. The van der Waals surface area contributed by atoms with Crippen LogP contribution in [0.1, 0.15) is 18.4 Å². The first-order chi connectivity index (χ1) is 12.6. The van der Waals surface area contributed by atoms with Gasteiger partial charge < -0.3 is 5.73 Å². The van der Waals surface area contributed by atoms with Crippen LogP contribution in [0.4, 0.5) is 9.18 Å². The Bertz CT molecular complexity index is 927. The van der Waals surface area contributed by atoms with Gasteiger partial charge in [-0.2, -0.15) is 0 Å². The van der Waals surface area contributed by atoms with E-state index in [0.717, 1.165) is 36.1 Å². The first-order valence-corrected chi connectivity index (χ1v) is 8.83. The highest BCUT2D eigenvalue weighted by Gasteiger charge is 2.18. The maximum atomic E-state index is 13.2. The van der Waals surface area contributed by atoms with Crippen LogP contribution in [0.3, 0.4) is 0 Å². The molecule has 0 bridgehead atoms. The lowest BCUT2D eigenvalue weighted by atomic mass is 10.0. The quantitative estimate of drug-likeness (QED) is 0.784. The van der Waals surface area contributed by atoms with Crippen LogP contribution in [0.5, 0.6) is 0 Å². The molecule has 0 atom stereocenters. The van der Waals surface area contributed by atoms with E-state index >= 15 is 0 Å². The summed E-state index contributed by atoms with van der Waals surface area (Å²) in [5, 5.41) is 0.875. The predicted molar refractivity (Wildman–Crippen MR) is 99.6 cm³/mol. The first kappa shape index (κ1) is 16.7. The van der Waals surface area contributed by atoms with Crippen LogP contribution in [0.25, 0.3) is 22.2 Å². The van der Waals surface area contributed by atoms with Gasteiger partial charge in [0.1, 0.15) is 11.8 Å². The summed E-state index contributed by atoms with van der Waals surface area (Å²) in [5.41, 5.74) is 9.18. The van der Waals surface area contributed by atoms with Crippen LogP contribution in [0.2, 0.25) is 0 Å². The van der Waals surface area contributed by atoms with Crippen LogP contribution in [0, 0.1) is 0 Å². The number of carbonyl (C=O) groups is 1. The maximum absolute atomic E-state index is 13.2. The van der Waals surface area contributed by atoms with Gasteiger partial charge in [0.05, 0.1) is 0 Å². The Balaban J connectivity index is 1.51. The minimum Gasteiger partial charge on any atom is -0.351 e. The SMILES string of the molecule is NC(=O)n1ccc2cc(-c3ccc(CN4CCC(F)CC4)cc3)cnc21. The Morgan fingerprint density at radius 3 is 2.58 bits per heavy atom. The molecule has 0 radical (unpaired) electrons. The van der Waals surface area contributed by atoms with E-state index in [0.29, 0.717) is 18.5 Å². The summed E-state index contributed by atoms with van der Waals surface area (Å²) < 4.78 is 14.6. The van der Waals surface area contributed by atoms with Crippen molar-refractivity contribution in [1.29, 1.82) is 0 Å². The molecule has 6 heteroatoms. The molecule has 5 nitrogen and oxygen atoms in total. The van der Waals surface area contributed by atoms with Crippen molar-refractivity contribution in [1.82, 2.24) is 14.5 Å². The van der Waals surface area contributed by atoms with Crippen LogP contribution in [-0.4, -0.2) is 39.7 Å². The van der Waals surface area contributed by atoms with Crippen molar-refractivity contribution in [3.8, 4) is 11.1 Å². The molecular weight excluding hydrogens is 331 g/mol. The van der Waals surface area contributed by atoms with E-state index in [2.05, 4.69) is 34.1 Å². The monoisotopic (exact) mass is 352 g/mol. The van der Waals surface area contributed by atoms with Gasteiger partial charge in [-0.3, -0.25) is 9.47 Å². The zero-order valence-electron chi connectivity index (χ0n) is 14.4. The standard InChI is InChI=1S/C20H21FN4O/c21-18-6-8-24(9-7-18)13-14-1-3-15(4-2-14)17-11-16-5-10-25(20(22)26)19(16)23-12-17/h1-5,10-12,18H,6-9,13H2,(H2,22,26). The number of benzene rings is 1. The number of aromatic nitrogens is 2. The summed E-state index contributed by atoms with van der Waals surface area (Å²) in [5.74, 6) is 0. The van der Waals surface area contributed by atoms with Gasteiger partial charge in [-0.1, -0.05) is 24.3 Å². The number of nitrogens with zero attached hydrogens (tertiary/aromatic N) is 3. The van der Waals surface area contributed by atoms with E-state index < -0.39 is 12.2 Å². The largest absolute Gasteiger partial charge is 0.351 e. The number of piperidine rings is 1. The third-order valence-electron chi connectivity index (χ3n) is 4.97. The molecular formula is C20H21FN4O. The van der Waals surface area contributed by atoms with E-state index in [1.165, 1.54) is 10.1 Å². The van der Waals surface area contributed by atoms with E-state index in [1.54, 1.807) is 12.4 Å². The van der Waals surface area contributed by atoms with E-state index in [4.69, 9.17) is 5.73 Å². The molecule has 134 valence electrons. The first-order valence-electron chi connectivity index (χ1n) is 8.83. The Kier molecular flexibility index (Phi) is 4.42. The number of alkyl halides is 1. The second-order valence-electron chi connectivity index (χ2n) is 6.81. The Labute approximate surface area is 151 Å². The molecule has 2 N–H and O–H groups in total. The zero-order valence-corrected chi connectivity index (χ0v) is 14.4. The Morgan fingerprint density at radius 1 is 1.15 bits per heavy atom. The smallest absolute Gasteiger partial charge is 0.324 e. The number of primary amides is 1. The second-order valence-corrected chi connectivity index (χ2v) is 6.81. The maximum Gasteiger partial charge on any atom is 0.324 e. The fourth-order valence-electron chi connectivity index (χ4n) is 3.48. The number of carbonyl (C=O) groups excluding carboxylic acids is 1. The molecule has 1 amide bonds. The number of likely N-dealkylation sites (tertiary alicyclic amines) is 1. The molecule has 0 aliphatic carbocycles. The highest BCUT2D eigenvalue weighted by Crippen LogP contribution is 2.24. The second kappa shape index (κ2) is 6.88. The fourth-order valence-corrected chi connectivity index (χ4v) is 3.48. The van der Waals surface area contributed by atoms with E-state index in [9.17, 15) is 9.18 Å². The normalized spacial score (nSPS) is 16.2. The number of rotatable bonds is 3. The fraction of sp³-hybridized carbons (Fsp3) is 0.300. The van der Waals surface area contributed by atoms with Crippen molar-refractivity contribution in [2.75, 3.05) is 13.1 Å². The summed E-state index contributed by atoms with van der Waals surface area (Å²) in [4.78, 5) is 18.0. The molecule has 1 aliphatic heterocycles. The number of nitrogens with two attached hydrogens (primary N) is 1. The molecule has 26 heavy (non-hydrogen) atoms. The topological polar surface area (TPSA) is 64.2 Å². The number of halogens is 1. The van der Waals surface area contributed by atoms with Gasteiger partial charge >= 0.3 is 6.03 Å². The highest BCUT2D eigenvalue weighted by atomic mass is 19.1. The van der Waals surface area contributed by atoms with Gasteiger partial charge in [0.25, 0.3) is 0 Å². The number of hydrogen-bond acceptors (Lipinski definition) is 3. The van der Waals surface area contributed by atoms with Crippen molar-refractivity contribution in [2.24, 2.45) is 5.73 Å². The lowest BCUT2D eigenvalue weighted by Gasteiger charge is -2.28. The highest BCUT2D eigenvalue weighted by molar-refractivity contribution is 5.90. The minimum absolute atomic E-state index is 0.540. The Hall–Kier alpha value is -2.73. The van der Waals surface area contributed by atoms with Gasteiger partial charge in [0, 0.05) is 43.0 Å². The van der Waals surface area contributed by atoms with Crippen LogP contribution >= 0.6 is 0 Å². The molecule has 0 unspecified atom stereocenters. The summed E-state index contributed by atoms with van der Waals surface area (Å²) in [6, 6.07) is 11.7. The number of pyridine rings is 1. The predicted octanol–water partition coefficient (Wildman–Crippen LogP) is 3.56. The minimum atomic E-state index is -0.638. The van der Waals surface area contributed by atoms with Gasteiger partial charge in [-0.15, -0.1) is 0 Å². The van der Waals surface area contributed by atoms with Crippen molar-refractivity contribution in [3.63, 3.8) is 0 Å². The third kappa shape index (κ3) is 3.32. The summed E-state index contributed by atoms with van der Waals surface area (Å²) in [7, 11) is 0.